The standard InChI is InChI=1S/C11H12N2O.C8H10.CH5NO2S/c1-8-2-4-9(5-3-8)11-6-10(7-14)12-13-11;1-7-3-5-8(2)6-4-7;1-5(2,3)4/h2-6,14H,7H2,1H3,(H,12,13);3-6H,1-2H3;1H3,(H2,2,3,4). The number of nitrogens with two attached hydrogens (primary N) is 1. The zero-order valence-electron chi connectivity index (χ0n) is 16.1. The third-order valence-corrected chi connectivity index (χ3v) is 3.37. The van der Waals surface area contributed by atoms with Crippen molar-refractivity contribution in [1.29, 1.82) is 0 Å². The van der Waals surface area contributed by atoms with E-state index >= 15 is 0 Å². The minimum atomic E-state index is -3.17. The van der Waals surface area contributed by atoms with Crippen molar-refractivity contribution in [2.24, 2.45) is 5.14 Å². The van der Waals surface area contributed by atoms with Crippen LogP contribution in [0.1, 0.15) is 22.4 Å². The highest BCUT2D eigenvalue weighted by Crippen LogP contribution is 2.17. The molecule has 0 bridgehead atoms. The molecule has 6 nitrogen and oxygen atoms in total. The van der Waals surface area contributed by atoms with E-state index in [1.54, 1.807) is 0 Å². The smallest absolute Gasteiger partial charge is 0.206 e. The van der Waals surface area contributed by atoms with Crippen molar-refractivity contribution in [2.75, 3.05) is 6.26 Å². The summed E-state index contributed by atoms with van der Waals surface area (Å²) in [4.78, 5) is 0. The highest BCUT2D eigenvalue weighted by atomic mass is 32.2. The molecule has 0 spiro atoms. The number of aromatic amines is 1. The highest BCUT2D eigenvalue weighted by Gasteiger charge is 2.02. The van der Waals surface area contributed by atoms with Gasteiger partial charge in [-0.2, -0.15) is 5.10 Å². The zero-order valence-corrected chi connectivity index (χ0v) is 16.9. The molecule has 0 aliphatic heterocycles. The number of aliphatic hydroxyl groups excluding tert-OH is 1. The van der Waals surface area contributed by atoms with E-state index in [1.807, 2.05) is 37.3 Å². The van der Waals surface area contributed by atoms with Gasteiger partial charge in [-0.3, -0.25) is 5.10 Å². The molecule has 3 aromatic rings. The number of sulfonamides is 1. The van der Waals surface area contributed by atoms with E-state index in [-0.39, 0.29) is 6.61 Å². The summed E-state index contributed by atoms with van der Waals surface area (Å²) in [5, 5.41) is 20.1. The first kappa shape index (κ1) is 22.6. The van der Waals surface area contributed by atoms with Gasteiger partial charge in [0.2, 0.25) is 10.0 Å². The van der Waals surface area contributed by atoms with Gasteiger partial charge in [-0.1, -0.05) is 65.2 Å². The molecule has 0 aliphatic rings. The number of nitrogens with zero attached hydrogens (tertiary/aromatic N) is 1. The van der Waals surface area contributed by atoms with Crippen LogP contribution < -0.4 is 5.14 Å². The summed E-state index contributed by atoms with van der Waals surface area (Å²) in [7, 11) is -3.17. The van der Waals surface area contributed by atoms with Gasteiger partial charge in [0.1, 0.15) is 0 Å². The summed E-state index contributed by atoms with van der Waals surface area (Å²) in [6, 6.07) is 18.5. The van der Waals surface area contributed by atoms with Gasteiger partial charge in [0.25, 0.3) is 0 Å². The van der Waals surface area contributed by atoms with E-state index in [0.717, 1.165) is 23.2 Å². The first-order valence-corrected chi connectivity index (χ1v) is 10.3. The summed E-state index contributed by atoms with van der Waals surface area (Å²) < 4.78 is 18.8. The van der Waals surface area contributed by atoms with E-state index in [9.17, 15) is 8.42 Å². The molecular formula is C20H27N3O3S. The van der Waals surface area contributed by atoms with Crippen LogP contribution in [-0.2, 0) is 16.6 Å². The predicted molar refractivity (Wildman–Crippen MR) is 110 cm³/mol. The average molecular weight is 390 g/mol. The van der Waals surface area contributed by atoms with Crippen LogP contribution in [-0.4, -0.2) is 30.0 Å². The summed E-state index contributed by atoms with van der Waals surface area (Å²) in [6.07, 6.45) is 0.938. The Morgan fingerprint density at radius 1 is 0.926 bits per heavy atom. The molecular weight excluding hydrogens is 362 g/mol. The maximum Gasteiger partial charge on any atom is 0.206 e. The Morgan fingerprint density at radius 2 is 1.30 bits per heavy atom. The van der Waals surface area contributed by atoms with Crippen molar-refractivity contribution in [3.05, 3.63) is 77.0 Å². The predicted octanol–water partition coefficient (Wildman–Crippen LogP) is 3.09. The van der Waals surface area contributed by atoms with Crippen LogP contribution in [0.25, 0.3) is 11.3 Å². The molecule has 0 amide bonds. The van der Waals surface area contributed by atoms with Gasteiger partial charge < -0.3 is 5.11 Å². The van der Waals surface area contributed by atoms with Crippen molar-refractivity contribution in [3.63, 3.8) is 0 Å². The fraction of sp³-hybridized carbons (Fsp3) is 0.250. The minimum Gasteiger partial charge on any atom is -0.390 e. The Hall–Kier alpha value is -2.48. The lowest BCUT2D eigenvalue weighted by molar-refractivity contribution is 0.276. The number of nitrogens with one attached hydrogen (secondary N) is 1. The SMILES string of the molecule is CS(N)(=O)=O.Cc1ccc(-c2cc(CO)[nH]n2)cc1.Cc1ccc(C)cc1. The van der Waals surface area contributed by atoms with Gasteiger partial charge in [0, 0.05) is 5.56 Å². The Labute approximate surface area is 161 Å². The van der Waals surface area contributed by atoms with Crippen molar-refractivity contribution in [3.8, 4) is 11.3 Å². The van der Waals surface area contributed by atoms with E-state index in [4.69, 9.17) is 5.11 Å². The van der Waals surface area contributed by atoms with Gasteiger partial charge in [0.05, 0.1) is 24.3 Å². The maximum atomic E-state index is 9.41. The fourth-order valence-electron chi connectivity index (χ4n) is 1.95. The molecule has 0 saturated carbocycles. The Kier molecular flexibility index (Phi) is 8.87. The lowest BCUT2D eigenvalue weighted by Crippen LogP contribution is -2.07. The number of hydrogen-bond donors (Lipinski definition) is 3. The van der Waals surface area contributed by atoms with Crippen LogP contribution >= 0.6 is 0 Å². The lowest BCUT2D eigenvalue weighted by atomic mass is 10.1. The second-order valence-electron chi connectivity index (χ2n) is 6.29. The molecule has 1 aromatic heterocycles. The molecule has 0 unspecified atom stereocenters. The second kappa shape index (κ2) is 10.6. The summed E-state index contributed by atoms with van der Waals surface area (Å²) in [5.41, 5.74) is 6.55. The Morgan fingerprint density at radius 3 is 1.63 bits per heavy atom. The number of hydrogen-bond acceptors (Lipinski definition) is 4. The molecule has 146 valence electrons. The van der Waals surface area contributed by atoms with Gasteiger partial charge in [-0.25, -0.2) is 13.6 Å². The molecule has 27 heavy (non-hydrogen) atoms. The third kappa shape index (κ3) is 10.3. The van der Waals surface area contributed by atoms with Gasteiger partial charge in [-0.05, 0) is 26.8 Å². The van der Waals surface area contributed by atoms with Crippen molar-refractivity contribution in [1.82, 2.24) is 10.2 Å². The van der Waals surface area contributed by atoms with Crippen molar-refractivity contribution in [2.45, 2.75) is 27.4 Å². The molecule has 1 heterocycles. The normalized spacial score (nSPS) is 10.3. The van der Waals surface area contributed by atoms with E-state index in [1.165, 1.54) is 16.7 Å². The topological polar surface area (TPSA) is 109 Å². The van der Waals surface area contributed by atoms with Crippen LogP contribution in [0, 0.1) is 20.8 Å². The Balaban J connectivity index is 0.000000237. The molecule has 2 aromatic carbocycles. The van der Waals surface area contributed by atoms with E-state index in [2.05, 4.69) is 53.4 Å². The van der Waals surface area contributed by atoms with Gasteiger partial charge in [-0.15, -0.1) is 0 Å². The van der Waals surface area contributed by atoms with Crippen molar-refractivity contribution < 1.29 is 13.5 Å². The average Bonchev–Trinajstić information content (AvgIpc) is 3.06. The number of aromatic nitrogens is 2. The van der Waals surface area contributed by atoms with Crippen LogP contribution in [0.5, 0.6) is 0 Å². The Bertz CT molecular complexity index is 887. The van der Waals surface area contributed by atoms with Gasteiger partial charge >= 0.3 is 0 Å². The number of aryl methyl sites for hydroxylation is 3. The first-order valence-electron chi connectivity index (χ1n) is 8.31. The van der Waals surface area contributed by atoms with Crippen molar-refractivity contribution >= 4 is 10.0 Å². The number of H-pyrrole nitrogens is 1. The molecule has 0 radical (unpaired) electrons. The van der Waals surface area contributed by atoms with E-state index < -0.39 is 10.0 Å². The number of aliphatic hydroxyl groups is 1. The van der Waals surface area contributed by atoms with Crippen LogP contribution in [0.15, 0.2) is 54.6 Å². The monoisotopic (exact) mass is 389 g/mol. The van der Waals surface area contributed by atoms with Gasteiger partial charge in [0.15, 0.2) is 0 Å². The van der Waals surface area contributed by atoms with E-state index in [0.29, 0.717) is 0 Å². The molecule has 0 aliphatic carbocycles. The number of primary sulfonamides is 1. The van der Waals surface area contributed by atoms with Crippen LogP contribution in [0.3, 0.4) is 0 Å². The maximum absolute atomic E-state index is 9.41. The molecule has 0 fully saturated rings. The molecule has 4 N–H and O–H groups in total. The number of benzene rings is 2. The van der Waals surface area contributed by atoms with Crippen LogP contribution in [0.2, 0.25) is 0 Å². The fourth-order valence-corrected chi connectivity index (χ4v) is 1.95. The summed E-state index contributed by atoms with van der Waals surface area (Å²) in [5.74, 6) is 0. The zero-order chi connectivity index (χ0) is 20.4. The second-order valence-corrected chi connectivity index (χ2v) is 7.95. The molecule has 3 rings (SSSR count). The quantitative estimate of drug-likeness (QED) is 0.626. The number of rotatable bonds is 2. The lowest BCUT2D eigenvalue weighted by Gasteiger charge is -1.95. The third-order valence-electron chi connectivity index (χ3n) is 3.37. The molecule has 0 saturated heterocycles. The summed E-state index contributed by atoms with van der Waals surface area (Å²) >= 11 is 0. The highest BCUT2D eigenvalue weighted by molar-refractivity contribution is 7.88. The van der Waals surface area contributed by atoms with Crippen LogP contribution in [0.4, 0.5) is 0 Å². The largest absolute Gasteiger partial charge is 0.390 e. The first-order chi connectivity index (χ1) is 12.6. The summed E-state index contributed by atoms with van der Waals surface area (Å²) in [6.45, 7) is 6.24. The molecule has 7 heteroatoms. The molecule has 0 atom stereocenters. The minimum absolute atomic E-state index is 0.00113.